The van der Waals surface area contributed by atoms with Crippen molar-refractivity contribution in [2.75, 3.05) is 0 Å². The van der Waals surface area contributed by atoms with E-state index in [4.69, 9.17) is 5.41 Å². The third-order valence-electron chi connectivity index (χ3n) is 1.55. The highest BCUT2D eigenvalue weighted by Gasteiger charge is 2.03. The molecule has 0 atom stereocenters. The van der Waals surface area contributed by atoms with Crippen LogP contribution in [0.25, 0.3) is 0 Å². The van der Waals surface area contributed by atoms with E-state index in [2.05, 4.69) is 4.98 Å². The number of hydrogen-bond acceptors (Lipinski definition) is 2. The monoisotopic (exact) mass is 152 g/mol. The molecule has 11 heavy (non-hydrogen) atoms. The molecule has 0 bridgehead atoms. The van der Waals surface area contributed by atoms with Crippen molar-refractivity contribution < 1.29 is 4.39 Å². The van der Waals surface area contributed by atoms with Crippen molar-refractivity contribution in [1.29, 1.82) is 5.41 Å². The Kier molecular flexibility index (Phi) is 2.31. The maximum Gasteiger partial charge on any atom is 0.150 e. The second-order valence-electron chi connectivity index (χ2n) is 2.19. The van der Waals surface area contributed by atoms with E-state index >= 15 is 0 Å². The fourth-order valence-electron chi connectivity index (χ4n) is 0.929. The molecule has 0 fully saturated rings. The minimum absolute atomic E-state index is 0.350. The summed E-state index contributed by atoms with van der Waals surface area (Å²) in [6.07, 6.45) is 4.44. The minimum atomic E-state index is -0.417. The van der Waals surface area contributed by atoms with Crippen molar-refractivity contribution in [3.05, 3.63) is 29.3 Å². The summed E-state index contributed by atoms with van der Waals surface area (Å²) in [6.45, 7) is 1.91. The van der Waals surface area contributed by atoms with E-state index < -0.39 is 5.82 Å². The van der Waals surface area contributed by atoms with Crippen LogP contribution < -0.4 is 0 Å². The molecule has 1 N–H and O–H groups in total. The zero-order valence-electron chi connectivity index (χ0n) is 6.26. The van der Waals surface area contributed by atoms with Crippen LogP contribution in [0.5, 0.6) is 0 Å². The molecule has 0 aliphatic rings. The second kappa shape index (κ2) is 3.23. The molecule has 0 spiro atoms. The van der Waals surface area contributed by atoms with Gasteiger partial charge in [-0.25, -0.2) is 4.39 Å². The zero-order chi connectivity index (χ0) is 8.27. The van der Waals surface area contributed by atoms with Gasteiger partial charge < -0.3 is 5.41 Å². The average Bonchev–Trinajstić information content (AvgIpc) is 2.04. The van der Waals surface area contributed by atoms with Gasteiger partial charge in [-0.2, -0.15) is 0 Å². The maximum absolute atomic E-state index is 12.8. The molecule has 0 radical (unpaired) electrons. The van der Waals surface area contributed by atoms with Gasteiger partial charge in [-0.15, -0.1) is 0 Å². The second-order valence-corrected chi connectivity index (χ2v) is 2.19. The van der Waals surface area contributed by atoms with E-state index in [0.29, 0.717) is 12.0 Å². The summed E-state index contributed by atoms with van der Waals surface area (Å²) in [5.74, 6) is -0.417. The molecular weight excluding hydrogens is 143 g/mol. The number of halogens is 1. The molecule has 58 valence electrons. The lowest BCUT2D eigenvalue weighted by Gasteiger charge is -2.00. The lowest BCUT2D eigenvalue weighted by atomic mass is 10.1. The van der Waals surface area contributed by atoms with Crippen LogP contribution in [0.15, 0.2) is 12.4 Å². The average molecular weight is 152 g/mol. The molecule has 3 heteroatoms. The summed E-state index contributed by atoms with van der Waals surface area (Å²) in [7, 11) is 0. The van der Waals surface area contributed by atoms with Gasteiger partial charge in [0.25, 0.3) is 0 Å². The van der Waals surface area contributed by atoms with Gasteiger partial charge in [0, 0.05) is 18.0 Å². The summed E-state index contributed by atoms with van der Waals surface area (Å²) in [6, 6.07) is 0. The predicted molar refractivity (Wildman–Crippen MR) is 41.5 cm³/mol. The molecule has 0 aliphatic carbocycles. The van der Waals surface area contributed by atoms with Crippen LogP contribution in [0.1, 0.15) is 18.1 Å². The van der Waals surface area contributed by atoms with Crippen molar-refractivity contribution in [3.63, 3.8) is 0 Å². The third-order valence-corrected chi connectivity index (χ3v) is 1.55. The number of aromatic nitrogens is 1. The van der Waals surface area contributed by atoms with Crippen LogP contribution in [0.4, 0.5) is 4.39 Å². The minimum Gasteiger partial charge on any atom is -0.308 e. The van der Waals surface area contributed by atoms with Gasteiger partial charge in [0.15, 0.2) is 0 Å². The van der Waals surface area contributed by atoms with Crippen molar-refractivity contribution in [2.24, 2.45) is 0 Å². The summed E-state index contributed by atoms with van der Waals surface area (Å²) >= 11 is 0. The van der Waals surface area contributed by atoms with Crippen LogP contribution in [-0.2, 0) is 6.42 Å². The molecule has 1 aromatic heterocycles. The SMILES string of the molecule is CCc1cncc(F)c1C=N. The highest BCUT2D eigenvalue weighted by atomic mass is 19.1. The predicted octanol–water partition coefficient (Wildman–Crippen LogP) is 1.78. The molecule has 0 unspecified atom stereocenters. The van der Waals surface area contributed by atoms with Gasteiger partial charge in [-0.05, 0) is 12.0 Å². The van der Waals surface area contributed by atoms with Gasteiger partial charge in [0.05, 0.1) is 6.20 Å². The van der Waals surface area contributed by atoms with Gasteiger partial charge in [0.2, 0.25) is 0 Å². The van der Waals surface area contributed by atoms with Gasteiger partial charge >= 0.3 is 0 Å². The Balaban J connectivity index is 3.24. The highest BCUT2D eigenvalue weighted by molar-refractivity contribution is 5.79. The first-order valence-electron chi connectivity index (χ1n) is 3.42. The molecular formula is C8H9FN2. The summed E-state index contributed by atoms with van der Waals surface area (Å²) in [5.41, 5.74) is 1.13. The molecule has 0 saturated heterocycles. The molecule has 2 nitrogen and oxygen atoms in total. The zero-order valence-corrected chi connectivity index (χ0v) is 6.26. The Labute approximate surface area is 64.6 Å². The Morgan fingerprint density at radius 2 is 2.36 bits per heavy atom. The molecule has 1 heterocycles. The standard InChI is InChI=1S/C8H9FN2/c1-2-6-4-11-5-8(9)7(6)3-10/h3-5,10H,2H2,1H3. The van der Waals surface area contributed by atoms with Gasteiger partial charge in [-0.1, -0.05) is 6.92 Å². The highest BCUT2D eigenvalue weighted by Crippen LogP contribution is 2.09. The lowest BCUT2D eigenvalue weighted by molar-refractivity contribution is 0.616. The van der Waals surface area contributed by atoms with E-state index in [1.807, 2.05) is 6.92 Å². The summed E-state index contributed by atoms with van der Waals surface area (Å²) in [4.78, 5) is 3.69. The van der Waals surface area contributed by atoms with Crippen molar-refractivity contribution in [1.82, 2.24) is 4.98 Å². The molecule has 0 saturated carbocycles. The first-order valence-corrected chi connectivity index (χ1v) is 3.42. The van der Waals surface area contributed by atoms with Crippen LogP contribution in [-0.4, -0.2) is 11.2 Å². The van der Waals surface area contributed by atoms with Crippen LogP contribution in [0, 0.1) is 11.2 Å². The smallest absolute Gasteiger partial charge is 0.150 e. The van der Waals surface area contributed by atoms with E-state index in [0.717, 1.165) is 18.0 Å². The maximum atomic E-state index is 12.8. The molecule has 0 aliphatic heterocycles. The molecule has 0 aromatic carbocycles. The van der Waals surface area contributed by atoms with Gasteiger partial charge in [-0.3, -0.25) is 4.98 Å². The van der Waals surface area contributed by atoms with E-state index in [1.54, 1.807) is 6.20 Å². The summed E-state index contributed by atoms with van der Waals surface area (Å²) < 4.78 is 12.8. The fraction of sp³-hybridized carbons (Fsp3) is 0.250. The molecule has 1 rings (SSSR count). The fourth-order valence-corrected chi connectivity index (χ4v) is 0.929. The van der Waals surface area contributed by atoms with E-state index in [1.165, 1.54) is 0 Å². The van der Waals surface area contributed by atoms with Gasteiger partial charge in [0.1, 0.15) is 5.82 Å². The number of nitrogens with one attached hydrogen (secondary N) is 1. The Morgan fingerprint density at radius 1 is 1.64 bits per heavy atom. The molecule has 0 amide bonds. The topological polar surface area (TPSA) is 36.7 Å². The largest absolute Gasteiger partial charge is 0.308 e. The Morgan fingerprint density at radius 3 is 2.82 bits per heavy atom. The first kappa shape index (κ1) is 7.85. The number of hydrogen-bond donors (Lipinski definition) is 1. The van der Waals surface area contributed by atoms with E-state index in [-0.39, 0.29) is 0 Å². The number of rotatable bonds is 2. The van der Waals surface area contributed by atoms with Crippen LogP contribution in [0.3, 0.4) is 0 Å². The van der Waals surface area contributed by atoms with Crippen molar-refractivity contribution in [2.45, 2.75) is 13.3 Å². The normalized spacial score (nSPS) is 9.64. The Hall–Kier alpha value is -1.25. The third kappa shape index (κ3) is 1.42. The van der Waals surface area contributed by atoms with Crippen molar-refractivity contribution >= 4 is 6.21 Å². The van der Waals surface area contributed by atoms with Crippen molar-refractivity contribution in [3.8, 4) is 0 Å². The van der Waals surface area contributed by atoms with Crippen LogP contribution in [0.2, 0.25) is 0 Å². The first-order chi connectivity index (χ1) is 5.29. The number of nitrogens with zero attached hydrogens (tertiary/aromatic N) is 1. The quantitative estimate of drug-likeness (QED) is 0.644. The number of pyridine rings is 1. The summed E-state index contributed by atoms with van der Waals surface area (Å²) in [5, 5.41) is 6.94. The Bertz CT molecular complexity index is 271. The lowest BCUT2D eigenvalue weighted by Crippen LogP contribution is -1.96. The van der Waals surface area contributed by atoms with Crippen LogP contribution >= 0.6 is 0 Å². The number of aryl methyl sites for hydroxylation is 1. The molecule has 1 aromatic rings. The van der Waals surface area contributed by atoms with E-state index in [9.17, 15) is 4.39 Å².